The van der Waals surface area contributed by atoms with Gasteiger partial charge in [0.1, 0.15) is 11.6 Å². The number of aromatic nitrogens is 2. The zero-order valence-corrected chi connectivity index (χ0v) is 16.5. The van der Waals surface area contributed by atoms with Crippen LogP contribution >= 0.6 is 0 Å². The van der Waals surface area contributed by atoms with Crippen molar-refractivity contribution in [2.45, 2.75) is 45.6 Å². The van der Waals surface area contributed by atoms with E-state index in [1.54, 1.807) is 13.3 Å². The Hall–Kier alpha value is -2.63. The Bertz CT molecular complexity index is 789. The third-order valence-electron chi connectivity index (χ3n) is 4.91. The molecule has 1 aromatic carbocycles. The van der Waals surface area contributed by atoms with Crippen LogP contribution < -0.4 is 10.1 Å². The van der Waals surface area contributed by atoms with Crippen LogP contribution in [0.5, 0.6) is 5.75 Å². The smallest absolute Gasteiger partial charge is 0.257 e. The largest absolute Gasteiger partial charge is 0.497 e. The number of nitrogens with zero attached hydrogens (tertiary/aromatic N) is 3. The van der Waals surface area contributed by atoms with Gasteiger partial charge in [0, 0.05) is 36.9 Å². The van der Waals surface area contributed by atoms with Gasteiger partial charge in [-0.1, -0.05) is 13.8 Å². The van der Waals surface area contributed by atoms with Crippen LogP contribution in [0.3, 0.4) is 0 Å². The SMILES string of the molecule is COc1ccc(N[C@H]2CCCN(C(=O)c3cnc(C(C)C)nc3C)C2)cc1. The van der Waals surface area contributed by atoms with E-state index < -0.39 is 0 Å². The Balaban J connectivity index is 1.67. The molecule has 2 aromatic rings. The van der Waals surface area contributed by atoms with E-state index in [0.717, 1.165) is 42.3 Å². The minimum absolute atomic E-state index is 0.0176. The van der Waals surface area contributed by atoms with Crippen molar-refractivity contribution in [3.63, 3.8) is 0 Å². The number of rotatable bonds is 5. The molecule has 3 rings (SSSR count). The molecule has 1 amide bonds. The Morgan fingerprint density at radius 2 is 2.04 bits per heavy atom. The maximum Gasteiger partial charge on any atom is 0.257 e. The maximum absolute atomic E-state index is 13.0. The minimum Gasteiger partial charge on any atom is -0.497 e. The van der Waals surface area contributed by atoms with Crippen LogP contribution in [0.1, 0.15) is 54.5 Å². The lowest BCUT2D eigenvalue weighted by Gasteiger charge is -2.34. The number of amides is 1. The standard InChI is InChI=1S/C21H28N4O2/c1-14(2)20-22-12-19(15(3)23-20)21(26)25-11-5-6-17(13-25)24-16-7-9-18(27-4)10-8-16/h7-10,12,14,17,24H,5-6,11,13H2,1-4H3/t17-/m0/s1. The van der Waals surface area contributed by atoms with Gasteiger partial charge in [0.2, 0.25) is 0 Å². The third kappa shape index (κ3) is 4.56. The lowest BCUT2D eigenvalue weighted by molar-refractivity contribution is 0.0713. The molecule has 6 nitrogen and oxygen atoms in total. The third-order valence-corrected chi connectivity index (χ3v) is 4.91. The highest BCUT2D eigenvalue weighted by molar-refractivity contribution is 5.95. The lowest BCUT2D eigenvalue weighted by atomic mass is 10.0. The summed E-state index contributed by atoms with van der Waals surface area (Å²) in [6, 6.07) is 8.10. The summed E-state index contributed by atoms with van der Waals surface area (Å²) in [6.45, 7) is 7.44. The van der Waals surface area contributed by atoms with Crippen molar-refractivity contribution in [1.82, 2.24) is 14.9 Å². The maximum atomic E-state index is 13.0. The van der Waals surface area contributed by atoms with Gasteiger partial charge >= 0.3 is 0 Å². The van der Waals surface area contributed by atoms with Gasteiger partial charge in [-0.05, 0) is 44.0 Å². The summed E-state index contributed by atoms with van der Waals surface area (Å²) < 4.78 is 5.20. The molecule has 0 saturated carbocycles. The van der Waals surface area contributed by atoms with Gasteiger partial charge in [0.05, 0.1) is 18.4 Å². The zero-order chi connectivity index (χ0) is 19.4. The Morgan fingerprint density at radius 3 is 2.67 bits per heavy atom. The first kappa shape index (κ1) is 19.1. The van der Waals surface area contributed by atoms with Crippen LogP contribution in [0.2, 0.25) is 0 Å². The monoisotopic (exact) mass is 368 g/mol. The number of carbonyl (C=O) groups excluding carboxylic acids is 1. The van der Waals surface area contributed by atoms with Crippen LogP contribution in [0.4, 0.5) is 5.69 Å². The van der Waals surface area contributed by atoms with Crippen molar-refractivity contribution >= 4 is 11.6 Å². The van der Waals surface area contributed by atoms with Crippen LogP contribution in [0, 0.1) is 6.92 Å². The molecular weight excluding hydrogens is 340 g/mol. The molecule has 0 unspecified atom stereocenters. The summed E-state index contributed by atoms with van der Waals surface area (Å²) in [7, 11) is 1.66. The number of anilines is 1. The van der Waals surface area contributed by atoms with E-state index in [1.165, 1.54) is 0 Å². The Labute approximate surface area is 161 Å². The summed E-state index contributed by atoms with van der Waals surface area (Å²) in [4.78, 5) is 23.8. The fraction of sp³-hybridized carbons (Fsp3) is 0.476. The van der Waals surface area contributed by atoms with Gasteiger partial charge < -0.3 is 15.0 Å². The van der Waals surface area contributed by atoms with E-state index in [-0.39, 0.29) is 17.9 Å². The minimum atomic E-state index is 0.0176. The number of hydrogen-bond acceptors (Lipinski definition) is 5. The van der Waals surface area contributed by atoms with Crippen molar-refractivity contribution in [2.24, 2.45) is 0 Å². The fourth-order valence-electron chi connectivity index (χ4n) is 3.35. The number of likely N-dealkylation sites (tertiary alicyclic amines) is 1. The molecule has 0 aliphatic carbocycles. The van der Waals surface area contributed by atoms with E-state index in [4.69, 9.17) is 4.74 Å². The second-order valence-corrected chi connectivity index (χ2v) is 7.35. The second kappa shape index (κ2) is 8.37. The molecule has 2 heterocycles. The summed E-state index contributed by atoms with van der Waals surface area (Å²) in [5, 5.41) is 3.53. The van der Waals surface area contributed by atoms with Gasteiger partial charge in [-0.25, -0.2) is 9.97 Å². The molecule has 0 spiro atoms. The van der Waals surface area contributed by atoms with Gasteiger partial charge in [0.25, 0.3) is 5.91 Å². The van der Waals surface area contributed by atoms with E-state index in [2.05, 4.69) is 29.1 Å². The molecule has 1 aromatic heterocycles. The molecule has 1 aliphatic rings. The zero-order valence-electron chi connectivity index (χ0n) is 16.5. The number of piperidine rings is 1. The number of ether oxygens (including phenoxy) is 1. The molecule has 6 heteroatoms. The average Bonchev–Trinajstić information content (AvgIpc) is 2.68. The van der Waals surface area contributed by atoms with Crippen molar-refractivity contribution in [3.8, 4) is 5.75 Å². The van der Waals surface area contributed by atoms with E-state index in [9.17, 15) is 4.79 Å². The molecule has 0 radical (unpaired) electrons. The molecule has 0 bridgehead atoms. The number of benzene rings is 1. The summed E-state index contributed by atoms with van der Waals surface area (Å²) >= 11 is 0. The lowest BCUT2D eigenvalue weighted by Crippen LogP contribution is -2.45. The van der Waals surface area contributed by atoms with Gasteiger partial charge in [-0.3, -0.25) is 4.79 Å². The van der Waals surface area contributed by atoms with Gasteiger partial charge in [0.15, 0.2) is 0 Å². The second-order valence-electron chi connectivity index (χ2n) is 7.35. The first-order valence-electron chi connectivity index (χ1n) is 9.51. The first-order chi connectivity index (χ1) is 13.0. The number of hydrogen-bond donors (Lipinski definition) is 1. The predicted molar refractivity (Wildman–Crippen MR) is 106 cm³/mol. The Morgan fingerprint density at radius 1 is 1.30 bits per heavy atom. The highest BCUT2D eigenvalue weighted by Gasteiger charge is 2.26. The van der Waals surface area contributed by atoms with E-state index in [0.29, 0.717) is 12.1 Å². The molecule has 1 saturated heterocycles. The normalized spacial score (nSPS) is 17.1. The van der Waals surface area contributed by atoms with Crippen LogP contribution in [0.15, 0.2) is 30.5 Å². The summed E-state index contributed by atoms with van der Waals surface area (Å²) in [5.74, 6) is 1.88. The van der Waals surface area contributed by atoms with Crippen molar-refractivity contribution in [2.75, 3.05) is 25.5 Å². The topological polar surface area (TPSA) is 67.3 Å². The van der Waals surface area contributed by atoms with Crippen molar-refractivity contribution in [3.05, 3.63) is 47.5 Å². The Kier molecular flexibility index (Phi) is 5.94. The molecule has 1 fully saturated rings. The number of aryl methyl sites for hydroxylation is 1. The van der Waals surface area contributed by atoms with Crippen LogP contribution in [-0.2, 0) is 0 Å². The molecule has 1 atom stereocenters. The molecular formula is C21H28N4O2. The predicted octanol–water partition coefficient (Wildman–Crippen LogP) is 3.63. The van der Waals surface area contributed by atoms with E-state index in [1.807, 2.05) is 36.1 Å². The highest BCUT2D eigenvalue weighted by atomic mass is 16.5. The van der Waals surface area contributed by atoms with E-state index >= 15 is 0 Å². The molecule has 1 N–H and O–H groups in total. The van der Waals surface area contributed by atoms with Gasteiger partial charge in [-0.2, -0.15) is 0 Å². The van der Waals surface area contributed by atoms with Crippen molar-refractivity contribution in [1.29, 1.82) is 0 Å². The fourth-order valence-corrected chi connectivity index (χ4v) is 3.35. The summed E-state index contributed by atoms with van der Waals surface area (Å²) in [6.07, 6.45) is 3.70. The molecule has 144 valence electrons. The number of nitrogens with one attached hydrogen (secondary N) is 1. The highest BCUT2D eigenvalue weighted by Crippen LogP contribution is 2.21. The quantitative estimate of drug-likeness (QED) is 0.873. The summed E-state index contributed by atoms with van der Waals surface area (Å²) in [5.41, 5.74) is 2.39. The number of methoxy groups -OCH3 is 1. The number of carbonyl (C=O) groups is 1. The first-order valence-corrected chi connectivity index (χ1v) is 9.51. The molecule has 1 aliphatic heterocycles. The van der Waals surface area contributed by atoms with Crippen LogP contribution in [0.25, 0.3) is 0 Å². The van der Waals surface area contributed by atoms with Gasteiger partial charge in [-0.15, -0.1) is 0 Å². The van der Waals surface area contributed by atoms with Crippen LogP contribution in [-0.4, -0.2) is 47.0 Å². The average molecular weight is 368 g/mol. The van der Waals surface area contributed by atoms with Crippen molar-refractivity contribution < 1.29 is 9.53 Å². The molecule has 27 heavy (non-hydrogen) atoms.